The predicted molar refractivity (Wildman–Crippen MR) is 88.9 cm³/mol. The fourth-order valence-corrected chi connectivity index (χ4v) is 6.40. The van der Waals surface area contributed by atoms with Crippen LogP contribution in [0.3, 0.4) is 0 Å². The van der Waals surface area contributed by atoms with Crippen LogP contribution in [-0.4, -0.2) is 11.2 Å². The van der Waals surface area contributed by atoms with Crippen molar-refractivity contribution in [3.05, 3.63) is 24.8 Å². The minimum absolute atomic E-state index is 0.0656. The van der Waals surface area contributed by atoms with E-state index in [1.165, 1.54) is 37.7 Å². The molecule has 0 bridgehead atoms. The molecule has 118 valence electrons. The van der Waals surface area contributed by atoms with Crippen molar-refractivity contribution in [2.45, 2.75) is 65.4 Å². The lowest BCUT2D eigenvalue weighted by Crippen LogP contribution is -2.57. The minimum atomic E-state index is -0.124. The highest BCUT2D eigenvalue weighted by molar-refractivity contribution is 5.18. The van der Waals surface area contributed by atoms with E-state index in [2.05, 4.69) is 40.0 Å². The summed E-state index contributed by atoms with van der Waals surface area (Å²) in [6.45, 7) is 15.5. The van der Waals surface area contributed by atoms with E-state index in [-0.39, 0.29) is 11.5 Å². The largest absolute Gasteiger partial charge is 0.393 e. The molecule has 3 saturated carbocycles. The monoisotopic (exact) mass is 288 g/mol. The minimum Gasteiger partial charge on any atom is -0.393 e. The van der Waals surface area contributed by atoms with Crippen molar-refractivity contribution in [2.24, 2.45) is 34.5 Å². The third kappa shape index (κ3) is 2.07. The number of hydrogen-bond donors (Lipinski definition) is 1. The van der Waals surface area contributed by atoms with Gasteiger partial charge in [0.15, 0.2) is 0 Å². The van der Waals surface area contributed by atoms with Crippen LogP contribution < -0.4 is 0 Å². The molecule has 0 saturated heterocycles. The molecule has 0 aromatic rings. The third-order valence-electron chi connectivity index (χ3n) is 7.63. The first-order valence-electron chi connectivity index (χ1n) is 8.80. The zero-order valence-corrected chi connectivity index (χ0v) is 14.1. The summed E-state index contributed by atoms with van der Waals surface area (Å²) in [5.41, 5.74) is 1.87. The maximum absolute atomic E-state index is 10.5. The van der Waals surface area contributed by atoms with Gasteiger partial charge in [-0.3, -0.25) is 0 Å². The number of rotatable bonds is 1. The highest BCUT2D eigenvalue weighted by Crippen LogP contribution is 2.64. The van der Waals surface area contributed by atoms with Crippen LogP contribution in [0.5, 0.6) is 0 Å². The number of fused-ring (bicyclic) bond motifs is 3. The zero-order valence-electron chi connectivity index (χ0n) is 14.1. The molecular formula is C20H32O. The van der Waals surface area contributed by atoms with Gasteiger partial charge in [0.25, 0.3) is 0 Å². The van der Waals surface area contributed by atoms with Crippen LogP contribution in [0.25, 0.3) is 0 Å². The standard InChI is InChI=1S/C20H32O/c1-6-14-13(2)7-9-16-15(14)8-10-17-19(3,4)18(21)11-12-20(16,17)5/h6,14-18,21H,1-2,7-12H2,3-5H3. The van der Waals surface area contributed by atoms with Crippen LogP contribution in [0.4, 0.5) is 0 Å². The fraction of sp³-hybridized carbons (Fsp3) is 0.800. The third-order valence-corrected chi connectivity index (χ3v) is 7.63. The number of aliphatic hydroxyl groups is 1. The average molecular weight is 288 g/mol. The highest BCUT2D eigenvalue weighted by atomic mass is 16.3. The van der Waals surface area contributed by atoms with Gasteiger partial charge in [-0.05, 0) is 67.1 Å². The SMILES string of the molecule is C=CC1C(=C)CCC2C1CCC1C(C)(C)C(O)CCC21C. The van der Waals surface area contributed by atoms with Gasteiger partial charge in [-0.1, -0.05) is 39.0 Å². The number of hydrogen-bond acceptors (Lipinski definition) is 1. The van der Waals surface area contributed by atoms with Gasteiger partial charge in [-0.15, -0.1) is 6.58 Å². The van der Waals surface area contributed by atoms with E-state index in [0.717, 1.165) is 18.3 Å². The number of allylic oxidation sites excluding steroid dienone is 2. The molecule has 0 amide bonds. The maximum Gasteiger partial charge on any atom is 0.0594 e. The first-order chi connectivity index (χ1) is 9.82. The Hall–Kier alpha value is -0.560. The van der Waals surface area contributed by atoms with Crippen molar-refractivity contribution < 1.29 is 5.11 Å². The summed E-state index contributed by atoms with van der Waals surface area (Å²) in [5.74, 6) is 2.72. The van der Waals surface area contributed by atoms with Gasteiger partial charge in [-0.25, -0.2) is 0 Å². The van der Waals surface area contributed by atoms with Crippen molar-refractivity contribution in [3.63, 3.8) is 0 Å². The first kappa shape index (κ1) is 15.3. The highest BCUT2D eigenvalue weighted by Gasteiger charge is 2.58. The Bertz CT molecular complexity index is 449. The normalized spacial score (nSPS) is 49.1. The van der Waals surface area contributed by atoms with Crippen LogP contribution >= 0.6 is 0 Å². The summed E-state index contributed by atoms with van der Waals surface area (Å²) in [6, 6.07) is 0. The van der Waals surface area contributed by atoms with Crippen LogP contribution in [0.1, 0.15) is 59.3 Å². The van der Waals surface area contributed by atoms with E-state index in [1.54, 1.807) is 0 Å². The van der Waals surface area contributed by atoms with Crippen LogP contribution in [0, 0.1) is 34.5 Å². The predicted octanol–water partition coefficient (Wildman–Crippen LogP) is 4.97. The van der Waals surface area contributed by atoms with Crippen molar-refractivity contribution in [1.82, 2.24) is 0 Å². The van der Waals surface area contributed by atoms with Crippen LogP contribution in [0.2, 0.25) is 0 Å². The Labute approximate surface area is 130 Å². The van der Waals surface area contributed by atoms with E-state index in [0.29, 0.717) is 17.3 Å². The van der Waals surface area contributed by atoms with E-state index >= 15 is 0 Å². The van der Waals surface area contributed by atoms with Gasteiger partial charge < -0.3 is 5.11 Å². The lowest BCUT2D eigenvalue weighted by atomic mass is 9.43. The lowest BCUT2D eigenvalue weighted by molar-refractivity contribution is -0.158. The van der Waals surface area contributed by atoms with E-state index in [4.69, 9.17) is 0 Å². The second-order valence-electron chi connectivity index (χ2n) is 8.74. The van der Waals surface area contributed by atoms with Crippen LogP contribution in [-0.2, 0) is 0 Å². The molecule has 0 spiro atoms. The van der Waals surface area contributed by atoms with Gasteiger partial charge in [-0.2, -0.15) is 0 Å². The Morgan fingerprint density at radius 1 is 1.14 bits per heavy atom. The number of aliphatic hydroxyl groups excluding tert-OH is 1. The lowest BCUT2D eigenvalue weighted by Gasteiger charge is -2.62. The quantitative estimate of drug-likeness (QED) is 0.676. The Balaban J connectivity index is 1.95. The summed E-state index contributed by atoms with van der Waals surface area (Å²) < 4.78 is 0. The molecule has 1 heteroatoms. The van der Waals surface area contributed by atoms with E-state index in [9.17, 15) is 5.11 Å². The molecule has 3 aliphatic carbocycles. The van der Waals surface area contributed by atoms with E-state index < -0.39 is 0 Å². The van der Waals surface area contributed by atoms with E-state index in [1.807, 2.05) is 0 Å². The molecule has 0 heterocycles. The van der Waals surface area contributed by atoms with Crippen molar-refractivity contribution in [1.29, 1.82) is 0 Å². The summed E-state index contributed by atoms with van der Waals surface area (Å²) in [4.78, 5) is 0. The molecule has 21 heavy (non-hydrogen) atoms. The molecular weight excluding hydrogens is 256 g/mol. The molecule has 3 fully saturated rings. The van der Waals surface area contributed by atoms with Gasteiger partial charge in [0.1, 0.15) is 0 Å². The van der Waals surface area contributed by atoms with Crippen molar-refractivity contribution >= 4 is 0 Å². The fourth-order valence-electron chi connectivity index (χ4n) is 6.40. The Morgan fingerprint density at radius 3 is 2.52 bits per heavy atom. The van der Waals surface area contributed by atoms with Crippen molar-refractivity contribution in [2.75, 3.05) is 0 Å². The second kappa shape index (κ2) is 4.98. The molecule has 3 rings (SSSR count). The topological polar surface area (TPSA) is 20.2 Å². The molecule has 6 unspecified atom stereocenters. The maximum atomic E-state index is 10.5. The Kier molecular flexibility index (Phi) is 3.64. The van der Waals surface area contributed by atoms with Gasteiger partial charge >= 0.3 is 0 Å². The molecule has 6 atom stereocenters. The summed E-state index contributed by atoms with van der Waals surface area (Å²) in [7, 11) is 0. The molecule has 0 aromatic heterocycles. The molecule has 0 aliphatic heterocycles. The van der Waals surface area contributed by atoms with Gasteiger partial charge in [0.05, 0.1) is 6.10 Å². The smallest absolute Gasteiger partial charge is 0.0594 e. The summed E-state index contributed by atoms with van der Waals surface area (Å²) in [5, 5.41) is 10.5. The molecule has 3 aliphatic rings. The van der Waals surface area contributed by atoms with Gasteiger partial charge in [0.2, 0.25) is 0 Å². The first-order valence-corrected chi connectivity index (χ1v) is 8.80. The molecule has 0 aromatic carbocycles. The summed E-state index contributed by atoms with van der Waals surface area (Å²) >= 11 is 0. The zero-order chi connectivity index (χ0) is 15.4. The molecule has 0 radical (unpaired) electrons. The average Bonchev–Trinajstić information content (AvgIpc) is 2.43. The Morgan fingerprint density at radius 2 is 1.86 bits per heavy atom. The molecule has 1 N–H and O–H groups in total. The second-order valence-corrected chi connectivity index (χ2v) is 8.74. The summed E-state index contributed by atoms with van der Waals surface area (Å²) in [6.07, 6.45) is 9.22. The van der Waals surface area contributed by atoms with Gasteiger partial charge in [0, 0.05) is 5.92 Å². The van der Waals surface area contributed by atoms with Crippen LogP contribution in [0.15, 0.2) is 24.8 Å². The van der Waals surface area contributed by atoms with Crippen molar-refractivity contribution in [3.8, 4) is 0 Å². The molecule has 1 nitrogen and oxygen atoms in total.